The normalized spacial score (nSPS) is 9.77. The molecular formula is C8H13N5. The number of nitrogens with zero attached hydrogens (tertiary/aromatic N) is 2. The van der Waals surface area contributed by atoms with Crippen molar-refractivity contribution in [3.63, 3.8) is 0 Å². The summed E-state index contributed by atoms with van der Waals surface area (Å²) in [5.74, 6) is 0.565. The second kappa shape index (κ2) is 3.38. The molecule has 0 aliphatic heterocycles. The first-order valence-corrected chi connectivity index (χ1v) is 3.94. The molecule has 0 radical (unpaired) electrons. The minimum absolute atomic E-state index is 0.0138. The maximum atomic E-state index is 7.39. The third-order valence-corrected chi connectivity index (χ3v) is 1.96. The van der Waals surface area contributed by atoms with Gasteiger partial charge >= 0.3 is 0 Å². The van der Waals surface area contributed by atoms with Gasteiger partial charge in [-0.25, -0.2) is 0 Å². The average Bonchev–Trinajstić information content (AvgIpc) is 2.08. The predicted octanol–water partition coefficient (Wildman–Crippen LogP) is 0.419. The van der Waals surface area contributed by atoms with Gasteiger partial charge in [0.1, 0.15) is 5.84 Å². The summed E-state index contributed by atoms with van der Waals surface area (Å²) in [7, 11) is 1.73. The van der Waals surface area contributed by atoms with Crippen LogP contribution in [0.25, 0.3) is 0 Å². The van der Waals surface area contributed by atoms with E-state index < -0.39 is 0 Å². The van der Waals surface area contributed by atoms with Crippen LogP contribution in [-0.4, -0.2) is 23.1 Å². The van der Waals surface area contributed by atoms with Crippen LogP contribution in [0.4, 0.5) is 5.82 Å². The van der Waals surface area contributed by atoms with Crippen LogP contribution in [-0.2, 0) is 0 Å². The van der Waals surface area contributed by atoms with E-state index in [1.807, 2.05) is 13.8 Å². The van der Waals surface area contributed by atoms with Gasteiger partial charge < -0.3 is 11.1 Å². The molecule has 0 aliphatic carbocycles. The molecule has 0 spiro atoms. The van der Waals surface area contributed by atoms with Gasteiger partial charge in [-0.3, -0.25) is 5.41 Å². The molecule has 1 aromatic heterocycles. The Morgan fingerprint density at radius 1 is 1.38 bits per heavy atom. The summed E-state index contributed by atoms with van der Waals surface area (Å²) in [6, 6.07) is 0. The standard InChI is InChI=1S/C8H13N5/c1-4-5(2)12-13-8(11-3)6(4)7(9)10/h1-3H3,(H3,9,10)(H,11,13). The van der Waals surface area contributed by atoms with E-state index >= 15 is 0 Å². The minimum Gasteiger partial charge on any atom is -0.384 e. The molecule has 0 bridgehead atoms. The number of nitrogens with one attached hydrogen (secondary N) is 2. The molecule has 70 valence electrons. The van der Waals surface area contributed by atoms with E-state index in [0.717, 1.165) is 11.3 Å². The van der Waals surface area contributed by atoms with Crippen molar-refractivity contribution < 1.29 is 0 Å². The Hall–Kier alpha value is -1.65. The topological polar surface area (TPSA) is 87.7 Å². The van der Waals surface area contributed by atoms with Gasteiger partial charge in [0, 0.05) is 7.05 Å². The number of aromatic nitrogens is 2. The number of aryl methyl sites for hydroxylation is 1. The number of nitrogen functional groups attached to an aromatic ring is 1. The van der Waals surface area contributed by atoms with Gasteiger partial charge in [0.05, 0.1) is 11.3 Å². The van der Waals surface area contributed by atoms with Crippen molar-refractivity contribution in [3.8, 4) is 0 Å². The molecule has 5 nitrogen and oxygen atoms in total. The molecule has 0 saturated carbocycles. The fraction of sp³-hybridized carbons (Fsp3) is 0.375. The predicted molar refractivity (Wildman–Crippen MR) is 52.1 cm³/mol. The molecule has 0 unspecified atom stereocenters. The van der Waals surface area contributed by atoms with Crippen LogP contribution < -0.4 is 11.1 Å². The van der Waals surface area contributed by atoms with Crippen LogP contribution in [0.5, 0.6) is 0 Å². The molecule has 0 amide bonds. The quantitative estimate of drug-likeness (QED) is 0.453. The Balaban J connectivity index is 3.41. The summed E-state index contributed by atoms with van der Waals surface area (Å²) in [6.07, 6.45) is 0. The molecule has 4 N–H and O–H groups in total. The van der Waals surface area contributed by atoms with Gasteiger partial charge in [-0.1, -0.05) is 0 Å². The third kappa shape index (κ3) is 1.58. The number of hydrogen-bond acceptors (Lipinski definition) is 4. The molecular weight excluding hydrogens is 166 g/mol. The van der Waals surface area contributed by atoms with E-state index in [2.05, 4.69) is 15.5 Å². The highest BCUT2D eigenvalue weighted by atomic mass is 15.2. The zero-order chi connectivity index (χ0) is 10.0. The summed E-state index contributed by atoms with van der Waals surface area (Å²) < 4.78 is 0. The molecule has 5 heteroatoms. The average molecular weight is 179 g/mol. The summed E-state index contributed by atoms with van der Waals surface area (Å²) >= 11 is 0. The van der Waals surface area contributed by atoms with E-state index in [0.29, 0.717) is 11.4 Å². The van der Waals surface area contributed by atoms with Crippen LogP contribution in [0.2, 0.25) is 0 Å². The van der Waals surface area contributed by atoms with E-state index in [4.69, 9.17) is 11.1 Å². The number of rotatable bonds is 2. The second-order valence-electron chi connectivity index (χ2n) is 2.80. The van der Waals surface area contributed by atoms with Crippen LogP contribution in [0.1, 0.15) is 16.8 Å². The van der Waals surface area contributed by atoms with E-state index in [1.165, 1.54) is 0 Å². The zero-order valence-electron chi connectivity index (χ0n) is 7.97. The highest BCUT2D eigenvalue weighted by Gasteiger charge is 2.11. The summed E-state index contributed by atoms with van der Waals surface area (Å²) in [5, 5.41) is 18.1. The molecule has 0 atom stereocenters. The Morgan fingerprint density at radius 3 is 2.46 bits per heavy atom. The summed E-state index contributed by atoms with van der Waals surface area (Å²) in [4.78, 5) is 0. The number of hydrogen-bond donors (Lipinski definition) is 3. The smallest absolute Gasteiger partial charge is 0.159 e. The largest absolute Gasteiger partial charge is 0.384 e. The fourth-order valence-electron chi connectivity index (χ4n) is 1.11. The van der Waals surface area contributed by atoms with E-state index in [9.17, 15) is 0 Å². The molecule has 1 aromatic rings. The fourth-order valence-corrected chi connectivity index (χ4v) is 1.11. The Kier molecular flexibility index (Phi) is 2.46. The molecule has 0 aliphatic rings. The number of anilines is 1. The first-order valence-electron chi connectivity index (χ1n) is 3.94. The van der Waals surface area contributed by atoms with Crippen LogP contribution in [0.3, 0.4) is 0 Å². The monoisotopic (exact) mass is 179 g/mol. The number of amidine groups is 1. The van der Waals surface area contributed by atoms with Crippen LogP contribution >= 0.6 is 0 Å². The van der Waals surface area contributed by atoms with Crippen molar-refractivity contribution in [1.82, 2.24) is 10.2 Å². The van der Waals surface area contributed by atoms with Crippen molar-refractivity contribution in [2.24, 2.45) is 5.73 Å². The lowest BCUT2D eigenvalue weighted by Gasteiger charge is -2.10. The Bertz CT molecular complexity index is 345. The number of nitrogens with two attached hydrogens (primary N) is 1. The minimum atomic E-state index is 0.0138. The Morgan fingerprint density at radius 2 is 2.00 bits per heavy atom. The first-order chi connectivity index (χ1) is 6.07. The van der Waals surface area contributed by atoms with Crippen molar-refractivity contribution in [3.05, 3.63) is 16.8 Å². The van der Waals surface area contributed by atoms with E-state index in [1.54, 1.807) is 7.05 Å². The third-order valence-electron chi connectivity index (χ3n) is 1.96. The first kappa shape index (κ1) is 9.44. The molecule has 0 fully saturated rings. The lowest BCUT2D eigenvalue weighted by Crippen LogP contribution is -2.17. The molecule has 1 rings (SSSR count). The van der Waals surface area contributed by atoms with Crippen molar-refractivity contribution >= 4 is 11.7 Å². The highest BCUT2D eigenvalue weighted by Crippen LogP contribution is 2.16. The van der Waals surface area contributed by atoms with Crippen molar-refractivity contribution in [2.45, 2.75) is 13.8 Å². The van der Waals surface area contributed by atoms with Crippen LogP contribution in [0, 0.1) is 19.3 Å². The lowest BCUT2D eigenvalue weighted by atomic mass is 10.1. The summed E-state index contributed by atoms with van der Waals surface area (Å²) in [5.41, 5.74) is 7.76. The highest BCUT2D eigenvalue weighted by molar-refractivity contribution is 6.00. The SMILES string of the molecule is CNc1nnc(C)c(C)c1C(=N)N. The van der Waals surface area contributed by atoms with Crippen molar-refractivity contribution in [1.29, 1.82) is 5.41 Å². The van der Waals surface area contributed by atoms with Gasteiger partial charge in [0.15, 0.2) is 5.82 Å². The molecule has 0 saturated heterocycles. The molecule has 1 heterocycles. The van der Waals surface area contributed by atoms with Gasteiger partial charge in [0.2, 0.25) is 0 Å². The van der Waals surface area contributed by atoms with Gasteiger partial charge in [-0.05, 0) is 19.4 Å². The van der Waals surface area contributed by atoms with Crippen molar-refractivity contribution in [2.75, 3.05) is 12.4 Å². The zero-order valence-corrected chi connectivity index (χ0v) is 7.97. The molecule has 0 aromatic carbocycles. The van der Waals surface area contributed by atoms with Gasteiger partial charge in [-0.2, -0.15) is 5.10 Å². The van der Waals surface area contributed by atoms with Crippen LogP contribution in [0.15, 0.2) is 0 Å². The molecule has 13 heavy (non-hydrogen) atoms. The van der Waals surface area contributed by atoms with Gasteiger partial charge in [-0.15, -0.1) is 5.10 Å². The maximum Gasteiger partial charge on any atom is 0.159 e. The van der Waals surface area contributed by atoms with E-state index in [-0.39, 0.29) is 5.84 Å². The Labute approximate surface area is 76.9 Å². The maximum absolute atomic E-state index is 7.39. The second-order valence-corrected chi connectivity index (χ2v) is 2.80. The summed E-state index contributed by atoms with van der Waals surface area (Å²) in [6.45, 7) is 3.72. The van der Waals surface area contributed by atoms with Gasteiger partial charge in [0.25, 0.3) is 0 Å². The lowest BCUT2D eigenvalue weighted by molar-refractivity contribution is 0.958.